The first-order chi connectivity index (χ1) is 10.9. The Bertz CT molecular complexity index is 557. The van der Waals surface area contributed by atoms with Gasteiger partial charge in [-0.05, 0) is 42.6 Å². The lowest BCUT2D eigenvalue weighted by molar-refractivity contribution is 0.237. The molecule has 22 heavy (non-hydrogen) atoms. The van der Waals surface area contributed by atoms with Crippen molar-refractivity contribution < 1.29 is 0 Å². The van der Waals surface area contributed by atoms with Crippen molar-refractivity contribution in [1.29, 1.82) is 0 Å². The van der Waals surface area contributed by atoms with Gasteiger partial charge in [-0.3, -0.25) is 9.88 Å². The third-order valence-electron chi connectivity index (χ3n) is 4.41. The summed E-state index contributed by atoms with van der Waals surface area (Å²) in [6, 6.07) is 15.5. The second-order valence-electron chi connectivity index (χ2n) is 5.89. The molecule has 1 aliphatic rings. The van der Waals surface area contributed by atoms with Crippen molar-refractivity contribution in [3.8, 4) is 0 Å². The number of hydrogen-bond acceptors (Lipinski definition) is 3. The number of aryl methyl sites for hydroxylation is 1. The number of rotatable bonds is 4. The van der Waals surface area contributed by atoms with Crippen molar-refractivity contribution in [1.82, 2.24) is 15.2 Å². The van der Waals surface area contributed by atoms with Crippen LogP contribution < -0.4 is 5.32 Å². The van der Waals surface area contributed by atoms with E-state index >= 15 is 0 Å². The Morgan fingerprint density at radius 2 is 1.95 bits per heavy atom. The standard InChI is InChI=1S/C19H25N3/c1-2-16-7-9-17(10-8-16)19(18-6-3-4-12-21-18)22-14-5-11-20-13-15-22/h3-4,6-10,12,19-20H,2,5,11,13-15H2,1H3. The molecule has 1 atom stereocenters. The van der Waals surface area contributed by atoms with Gasteiger partial charge in [0.25, 0.3) is 0 Å². The van der Waals surface area contributed by atoms with Gasteiger partial charge >= 0.3 is 0 Å². The van der Waals surface area contributed by atoms with E-state index in [-0.39, 0.29) is 6.04 Å². The Balaban J connectivity index is 1.94. The monoisotopic (exact) mass is 295 g/mol. The van der Waals surface area contributed by atoms with E-state index in [1.165, 1.54) is 17.5 Å². The van der Waals surface area contributed by atoms with Crippen LogP contribution in [-0.4, -0.2) is 36.1 Å². The zero-order valence-corrected chi connectivity index (χ0v) is 13.3. The number of aromatic nitrogens is 1. The fourth-order valence-corrected chi connectivity index (χ4v) is 3.17. The van der Waals surface area contributed by atoms with Gasteiger partial charge in [0.15, 0.2) is 0 Å². The molecule has 1 aliphatic heterocycles. The second kappa shape index (κ2) is 7.52. The van der Waals surface area contributed by atoms with Crippen LogP contribution in [0.4, 0.5) is 0 Å². The molecule has 1 fully saturated rings. The molecule has 1 N–H and O–H groups in total. The van der Waals surface area contributed by atoms with Crippen molar-refractivity contribution in [2.75, 3.05) is 26.2 Å². The summed E-state index contributed by atoms with van der Waals surface area (Å²) in [5.74, 6) is 0. The van der Waals surface area contributed by atoms with Crippen LogP contribution in [0.5, 0.6) is 0 Å². The highest BCUT2D eigenvalue weighted by atomic mass is 15.2. The SMILES string of the molecule is CCc1ccc(C(c2ccccn2)N2CCCNCC2)cc1. The Hall–Kier alpha value is -1.71. The van der Waals surface area contributed by atoms with E-state index in [0.717, 1.165) is 38.3 Å². The van der Waals surface area contributed by atoms with Crippen LogP contribution in [-0.2, 0) is 6.42 Å². The van der Waals surface area contributed by atoms with Gasteiger partial charge in [0.05, 0.1) is 11.7 Å². The van der Waals surface area contributed by atoms with Gasteiger partial charge in [-0.1, -0.05) is 37.3 Å². The summed E-state index contributed by atoms with van der Waals surface area (Å²) >= 11 is 0. The summed E-state index contributed by atoms with van der Waals surface area (Å²) in [5, 5.41) is 3.49. The van der Waals surface area contributed by atoms with Crippen LogP contribution in [0.3, 0.4) is 0 Å². The summed E-state index contributed by atoms with van der Waals surface area (Å²) in [4.78, 5) is 7.20. The van der Waals surface area contributed by atoms with E-state index in [2.05, 4.69) is 58.5 Å². The van der Waals surface area contributed by atoms with Crippen LogP contribution >= 0.6 is 0 Å². The average molecular weight is 295 g/mol. The van der Waals surface area contributed by atoms with E-state index in [4.69, 9.17) is 0 Å². The predicted molar refractivity (Wildman–Crippen MR) is 91.0 cm³/mol. The molecular weight excluding hydrogens is 270 g/mol. The largest absolute Gasteiger partial charge is 0.315 e. The lowest BCUT2D eigenvalue weighted by Crippen LogP contribution is -2.33. The first-order valence-corrected chi connectivity index (χ1v) is 8.33. The zero-order chi connectivity index (χ0) is 15.2. The molecule has 1 aromatic heterocycles. The van der Waals surface area contributed by atoms with Gasteiger partial charge in [-0.15, -0.1) is 0 Å². The molecule has 2 aromatic rings. The number of benzene rings is 1. The minimum Gasteiger partial charge on any atom is -0.315 e. The summed E-state index contributed by atoms with van der Waals surface area (Å²) in [5.41, 5.74) is 3.88. The molecule has 3 heteroatoms. The van der Waals surface area contributed by atoms with E-state index in [1.807, 2.05) is 12.3 Å². The van der Waals surface area contributed by atoms with Crippen LogP contribution in [0.25, 0.3) is 0 Å². The van der Waals surface area contributed by atoms with Crippen LogP contribution in [0, 0.1) is 0 Å². The Morgan fingerprint density at radius 3 is 2.68 bits per heavy atom. The van der Waals surface area contributed by atoms with Crippen LogP contribution in [0.2, 0.25) is 0 Å². The second-order valence-corrected chi connectivity index (χ2v) is 5.89. The summed E-state index contributed by atoms with van der Waals surface area (Å²) in [6.45, 7) is 6.54. The molecular formula is C19H25N3. The Labute approximate surface area is 133 Å². The van der Waals surface area contributed by atoms with Crippen molar-refractivity contribution in [3.63, 3.8) is 0 Å². The molecule has 3 nitrogen and oxygen atoms in total. The smallest absolute Gasteiger partial charge is 0.0776 e. The fraction of sp³-hybridized carbons (Fsp3) is 0.421. The quantitative estimate of drug-likeness (QED) is 0.940. The first kappa shape index (κ1) is 15.2. The Morgan fingerprint density at radius 1 is 1.09 bits per heavy atom. The van der Waals surface area contributed by atoms with Crippen molar-refractivity contribution in [2.24, 2.45) is 0 Å². The van der Waals surface area contributed by atoms with Crippen LogP contribution in [0.1, 0.15) is 36.2 Å². The summed E-state index contributed by atoms with van der Waals surface area (Å²) in [7, 11) is 0. The van der Waals surface area contributed by atoms with Gasteiger partial charge in [-0.25, -0.2) is 0 Å². The van der Waals surface area contributed by atoms with Gasteiger partial charge < -0.3 is 5.32 Å². The molecule has 0 amide bonds. The van der Waals surface area contributed by atoms with Gasteiger partial charge in [0.2, 0.25) is 0 Å². The van der Waals surface area contributed by atoms with E-state index in [1.54, 1.807) is 0 Å². The zero-order valence-electron chi connectivity index (χ0n) is 13.3. The number of nitrogens with zero attached hydrogens (tertiary/aromatic N) is 2. The lowest BCUT2D eigenvalue weighted by Gasteiger charge is -2.30. The fourth-order valence-electron chi connectivity index (χ4n) is 3.17. The Kier molecular flexibility index (Phi) is 5.20. The maximum absolute atomic E-state index is 4.64. The van der Waals surface area contributed by atoms with Crippen molar-refractivity contribution in [3.05, 3.63) is 65.5 Å². The first-order valence-electron chi connectivity index (χ1n) is 8.33. The maximum Gasteiger partial charge on any atom is 0.0776 e. The topological polar surface area (TPSA) is 28.2 Å². The molecule has 3 rings (SSSR count). The van der Waals surface area contributed by atoms with Crippen molar-refractivity contribution in [2.45, 2.75) is 25.8 Å². The highest BCUT2D eigenvalue weighted by Crippen LogP contribution is 2.28. The molecule has 0 radical (unpaired) electrons. The third-order valence-corrected chi connectivity index (χ3v) is 4.41. The molecule has 0 spiro atoms. The molecule has 2 heterocycles. The van der Waals surface area contributed by atoms with E-state index in [0.29, 0.717) is 0 Å². The number of pyridine rings is 1. The van der Waals surface area contributed by atoms with E-state index < -0.39 is 0 Å². The number of hydrogen-bond donors (Lipinski definition) is 1. The highest BCUT2D eigenvalue weighted by Gasteiger charge is 2.23. The summed E-state index contributed by atoms with van der Waals surface area (Å²) in [6.07, 6.45) is 4.18. The predicted octanol–water partition coefficient (Wildman–Crippen LogP) is 3.03. The van der Waals surface area contributed by atoms with E-state index in [9.17, 15) is 0 Å². The minimum atomic E-state index is 0.256. The van der Waals surface area contributed by atoms with Gasteiger partial charge in [0, 0.05) is 25.8 Å². The number of nitrogens with one attached hydrogen (secondary N) is 1. The molecule has 0 saturated carbocycles. The minimum absolute atomic E-state index is 0.256. The molecule has 1 aromatic carbocycles. The van der Waals surface area contributed by atoms with Gasteiger partial charge in [0.1, 0.15) is 0 Å². The third kappa shape index (κ3) is 3.54. The molecule has 116 valence electrons. The molecule has 0 aliphatic carbocycles. The average Bonchev–Trinajstić information content (AvgIpc) is 2.86. The van der Waals surface area contributed by atoms with Crippen LogP contribution in [0.15, 0.2) is 48.7 Å². The molecule has 1 unspecified atom stereocenters. The highest BCUT2D eigenvalue weighted by molar-refractivity contribution is 5.31. The molecule has 0 bridgehead atoms. The summed E-state index contributed by atoms with van der Waals surface area (Å²) < 4.78 is 0. The normalized spacial score (nSPS) is 17.9. The maximum atomic E-state index is 4.64. The lowest BCUT2D eigenvalue weighted by atomic mass is 9.99. The van der Waals surface area contributed by atoms with Crippen molar-refractivity contribution >= 4 is 0 Å². The van der Waals surface area contributed by atoms with Gasteiger partial charge in [-0.2, -0.15) is 0 Å². The molecule has 1 saturated heterocycles.